The van der Waals surface area contributed by atoms with Gasteiger partial charge in [0.05, 0.1) is 6.61 Å². The second-order valence-electron chi connectivity index (χ2n) is 7.90. The molecule has 0 bridgehead atoms. The minimum Gasteiger partial charge on any atom is -0.480 e. The lowest BCUT2D eigenvalue weighted by atomic mass is 9.98. The van der Waals surface area contributed by atoms with Crippen LogP contribution in [0.2, 0.25) is 0 Å². The van der Waals surface area contributed by atoms with E-state index in [-0.39, 0.29) is 25.7 Å². The summed E-state index contributed by atoms with van der Waals surface area (Å²) < 4.78 is 50.1. The van der Waals surface area contributed by atoms with Crippen molar-refractivity contribution in [3.63, 3.8) is 0 Å². The van der Waals surface area contributed by atoms with E-state index in [9.17, 15) is 27.6 Å². The molecule has 188 valence electrons. The molecule has 3 N–H and O–H groups in total. The molecule has 0 heterocycles. The highest BCUT2D eigenvalue weighted by atomic mass is 19.4. The lowest BCUT2D eigenvalue weighted by molar-refractivity contribution is -0.156. The van der Waals surface area contributed by atoms with Crippen molar-refractivity contribution in [3.8, 4) is 11.1 Å². The van der Waals surface area contributed by atoms with Gasteiger partial charge in [0.15, 0.2) is 0 Å². The lowest BCUT2D eigenvalue weighted by Gasteiger charge is -2.22. The van der Waals surface area contributed by atoms with Crippen molar-refractivity contribution in [2.45, 2.75) is 31.0 Å². The summed E-state index contributed by atoms with van der Waals surface area (Å²) in [6.45, 7) is -0.835. The summed E-state index contributed by atoms with van der Waals surface area (Å²) in [5, 5.41) is 12.6. The summed E-state index contributed by atoms with van der Waals surface area (Å²) in [4.78, 5) is 34.3. The maximum Gasteiger partial charge on any atom is 0.408 e. The van der Waals surface area contributed by atoms with Gasteiger partial charge in [-0.1, -0.05) is 48.5 Å². The van der Waals surface area contributed by atoms with Gasteiger partial charge < -0.3 is 25.2 Å². The number of carboxylic acids is 1. The summed E-state index contributed by atoms with van der Waals surface area (Å²) in [7, 11) is 0. The molecule has 2 aromatic rings. The molecule has 1 atom stereocenters. The molecule has 3 rings (SSSR count). The van der Waals surface area contributed by atoms with Crippen molar-refractivity contribution in [2.24, 2.45) is 0 Å². The summed E-state index contributed by atoms with van der Waals surface area (Å²) in [5.74, 6) is -2.16. The standard InChI is InChI=1S/C24H25F3N2O6/c25-24(26,27)20(9-10-21(30)28-11-12-34-14-22(31)32)29-23(33)35-13-19-17-7-3-1-5-15(17)16-6-2-4-8-18(16)19/h1-8,19-20H,9-14H2,(H,28,30)(H,29,33)(H,31,32)/t20-/m0/s1. The maximum absolute atomic E-state index is 13.4. The number of carbonyl (C=O) groups is 3. The number of alkyl carbamates (subject to hydrolysis) is 1. The Labute approximate surface area is 199 Å². The van der Waals surface area contributed by atoms with Crippen molar-refractivity contribution in [1.29, 1.82) is 0 Å². The first kappa shape index (κ1) is 26.0. The van der Waals surface area contributed by atoms with Crippen LogP contribution < -0.4 is 10.6 Å². The van der Waals surface area contributed by atoms with E-state index >= 15 is 0 Å². The third-order valence-corrected chi connectivity index (χ3v) is 5.49. The van der Waals surface area contributed by atoms with E-state index < -0.39 is 49.6 Å². The van der Waals surface area contributed by atoms with Gasteiger partial charge in [0, 0.05) is 18.9 Å². The molecule has 0 unspecified atom stereocenters. The average molecular weight is 494 g/mol. The predicted octanol–water partition coefficient (Wildman–Crippen LogP) is 3.45. The summed E-state index contributed by atoms with van der Waals surface area (Å²) in [5.41, 5.74) is 3.84. The number of ether oxygens (including phenoxy) is 2. The normalized spacial score (nSPS) is 13.5. The Balaban J connectivity index is 1.50. The summed E-state index contributed by atoms with van der Waals surface area (Å²) in [6, 6.07) is 12.9. The molecule has 0 aliphatic heterocycles. The molecule has 0 fully saturated rings. The zero-order valence-corrected chi connectivity index (χ0v) is 18.6. The molecule has 8 nitrogen and oxygen atoms in total. The fraction of sp³-hybridized carbons (Fsp3) is 0.375. The molecular formula is C24H25F3N2O6. The van der Waals surface area contributed by atoms with E-state index in [0.29, 0.717) is 0 Å². The van der Waals surface area contributed by atoms with Crippen molar-refractivity contribution >= 4 is 18.0 Å². The second-order valence-corrected chi connectivity index (χ2v) is 7.90. The number of rotatable bonds is 11. The highest BCUT2D eigenvalue weighted by Crippen LogP contribution is 2.44. The van der Waals surface area contributed by atoms with Crippen LogP contribution in [0.5, 0.6) is 0 Å². The Morgan fingerprint density at radius 2 is 1.60 bits per heavy atom. The number of hydrogen-bond acceptors (Lipinski definition) is 5. The third kappa shape index (κ3) is 7.19. The minimum absolute atomic E-state index is 0.0530. The molecule has 0 radical (unpaired) electrons. The van der Waals surface area contributed by atoms with E-state index in [1.807, 2.05) is 53.8 Å². The number of aliphatic carboxylic acids is 1. The molecule has 2 amide bonds. The van der Waals surface area contributed by atoms with Crippen LogP contribution in [0.4, 0.5) is 18.0 Å². The van der Waals surface area contributed by atoms with Gasteiger partial charge in [0.2, 0.25) is 5.91 Å². The first-order valence-electron chi connectivity index (χ1n) is 10.9. The Morgan fingerprint density at radius 3 is 2.17 bits per heavy atom. The largest absolute Gasteiger partial charge is 0.480 e. The Morgan fingerprint density at radius 1 is 1.00 bits per heavy atom. The monoisotopic (exact) mass is 494 g/mol. The quantitative estimate of drug-likeness (QED) is 0.413. The van der Waals surface area contributed by atoms with E-state index in [4.69, 9.17) is 14.6 Å². The highest BCUT2D eigenvalue weighted by molar-refractivity contribution is 5.79. The number of hydrogen-bond donors (Lipinski definition) is 3. The number of halogens is 3. The van der Waals surface area contributed by atoms with Crippen LogP contribution in [-0.4, -0.2) is 61.7 Å². The zero-order chi connectivity index (χ0) is 25.4. The molecule has 35 heavy (non-hydrogen) atoms. The molecule has 0 aromatic heterocycles. The van der Waals surface area contributed by atoms with Crippen LogP contribution >= 0.6 is 0 Å². The molecule has 2 aromatic carbocycles. The van der Waals surface area contributed by atoms with Crippen molar-refractivity contribution in [1.82, 2.24) is 10.6 Å². The summed E-state index contributed by atoms with van der Waals surface area (Å²) >= 11 is 0. The lowest BCUT2D eigenvalue weighted by Crippen LogP contribution is -2.46. The Kier molecular flexibility index (Phi) is 8.69. The van der Waals surface area contributed by atoms with Gasteiger partial charge >= 0.3 is 18.2 Å². The summed E-state index contributed by atoms with van der Waals surface area (Å²) in [6.07, 6.45) is -7.20. The number of amides is 2. The fourth-order valence-corrected chi connectivity index (χ4v) is 3.89. The van der Waals surface area contributed by atoms with Gasteiger partial charge in [-0.25, -0.2) is 9.59 Å². The van der Waals surface area contributed by atoms with Gasteiger partial charge in [-0.05, 0) is 28.7 Å². The predicted molar refractivity (Wildman–Crippen MR) is 119 cm³/mol. The first-order valence-corrected chi connectivity index (χ1v) is 10.9. The van der Waals surface area contributed by atoms with Crippen molar-refractivity contribution in [3.05, 3.63) is 59.7 Å². The van der Waals surface area contributed by atoms with Crippen LogP contribution in [0.3, 0.4) is 0 Å². The number of fused-ring (bicyclic) bond motifs is 3. The van der Waals surface area contributed by atoms with Crippen LogP contribution in [0.15, 0.2) is 48.5 Å². The van der Waals surface area contributed by atoms with Crippen LogP contribution in [0.25, 0.3) is 11.1 Å². The van der Waals surface area contributed by atoms with Crippen molar-refractivity contribution < 1.29 is 42.1 Å². The second kappa shape index (κ2) is 11.7. The van der Waals surface area contributed by atoms with Crippen molar-refractivity contribution in [2.75, 3.05) is 26.4 Å². The van der Waals surface area contributed by atoms with E-state index in [0.717, 1.165) is 22.3 Å². The van der Waals surface area contributed by atoms with Crippen LogP contribution in [0.1, 0.15) is 29.9 Å². The van der Waals surface area contributed by atoms with Crippen LogP contribution in [-0.2, 0) is 19.1 Å². The molecular weight excluding hydrogens is 469 g/mol. The van der Waals surface area contributed by atoms with E-state index in [1.165, 1.54) is 0 Å². The smallest absolute Gasteiger partial charge is 0.408 e. The molecule has 11 heteroatoms. The SMILES string of the molecule is O=C(O)COCCNC(=O)CC[C@H](NC(=O)OCC1c2ccccc2-c2ccccc21)C(F)(F)F. The first-order chi connectivity index (χ1) is 16.7. The number of carbonyl (C=O) groups excluding carboxylic acids is 2. The molecule has 0 spiro atoms. The minimum atomic E-state index is -4.78. The number of nitrogens with one attached hydrogen (secondary N) is 2. The van der Waals surface area contributed by atoms with E-state index in [2.05, 4.69) is 5.32 Å². The topological polar surface area (TPSA) is 114 Å². The van der Waals surface area contributed by atoms with Gasteiger partial charge in [0.25, 0.3) is 0 Å². The molecule has 0 saturated heterocycles. The zero-order valence-electron chi connectivity index (χ0n) is 18.6. The number of alkyl halides is 3. The van der Waals surface area contributed by atoms with E-state index in [1.54, 1.807) is 0 Å². The maximum atomic E-state index is 13.4. The number of carboxylic acid groups (broad SMARTS) is 1. The highest BCUT2D eigenvalue weighted by Gasteiger charge is 2.41. The van der Waals surface area contributed by atoms with Gasteiger partial charge in [-0.2, -0.15) is 13.2 Å². The van der Waals surface area contributed by atoms with Gasteiger partial charge in [0.1, 0.15) is 19.3 Å². The Bertz CT molecular complexity index is 1010. The van der Waals surface area contributed by atoms with Gasteiger partial charge in [-0.15, -0.1) is 0 Å². The average Bonchev–Trinajstić information content (AvgIpc) is 3.13. The molecule has 1 aliphatic rings. The molecule has 0 saturated carbocycles. The van der Waals surface area contributed by atoms with Gasteiger partial charge in [-0.3, -0.25) is 4.79 Å². The Hall–Kier alpha value is -3.60. The van der Waals surface area contributed by atoms with Crippen LogP contribution in [0, 0.1) is 0 Å². The molecule has 1 aliphatic carbocycles. The fourth-order valence-electron chi connectivity index (χ4n) is 3.89. The third-order valence-electron chi connectivity index (χ3n) is 5.49. The number of benzene rings is 2.